The van der Waals surface area contributed by atoms with Gasteiger partial charge in [-0.2, -0.15) is 0 Å². The van der Waals surface area contributed by atoms with Crippen LogP contribution >= 0.6 is 0 Å². The summed E-state index contributed by atoms with van der Waals surface area (Å²) in [6.07, 6.45) is 5.56. The van der Waals surface area contributed by atoms with Crippen molar-refractivity contribution in [1.29, 1.82) is 0 Å². The average molecular weight is 386 g/mol. The molecule has 1 atom stereocenters. The molecule has 146 valence electrons. The first-order valence-electron chi connectivity index (χ1n) is 9.34. The maximum Gasteiger partial charge on any atom is 0.340 e. The Labute approximate surface area is 170 Å². The van der Waals surface area contributed by atoms with E-state index in [0.29, 0.717) is 17.7 Å². The number of anilines is 1. The Hall–Kier alpha value is -3.73. The van der Waals surface area contributed by atoms with Gasteiger partial charge in [-0.15, -0.1) is 0 Å². The quantitative estimate of drug-likeness (QED) is 0.745. The van der Waals surface area contributed by atoms with Crippen LogP contribution in [-0.4, -0.2) is 24.2 Å². The summed E-state index contributed by atoms with van der Waals surface area (Å²) in [5.74, 6) is -0.761. The highest BCUT2D eigenvalue weighted by Crippen LogP contribution is 2.22. The van der Waals surface area contributed by atoms with Crippen LogP contribution in [0, 0.1) is 0 Å². The number of ether oxygens (including phenoxy) is 1. The molecule has 0 saturated carbocycles. The Bertz CT molecular complexity index is 1010. The van der Waals surface area contributed by atoms with Crippen molar-refractivity contribution in [1.82, 2.24) is 0 Å². The molecule has 0 radical (unpaired) electrons. The number of hydrogen-bond donors (Lipinski definition) is 1. The number of hydrogen-bond acceptors (Lipinski definition) is 4. The number of para-hydroxylation sites is 1. The van der Waals surface area contributed by atoms with E-state index in [2.05, 4.69) is 10.3 Å². The summed E-state index contributed by atoms with van der Waals surface area (Å²) in [5.41, 5.74) is 2.48. The first-order chi connectivity index (χ1) is 14.1. The maximum absolute atomic E-state index is 12.7. The highest BCUT2D eigenvalue weighted by atomic mass is 16.5. The molecule has 1 amide bonds. The van der Waals surface area contributed by atoms with Gasteiger partial charge in [-0.05, 0) is 23.8 Å². The van der Waals surface area contributed by atoms with Gasteiger partial charge < -0.3 is 10.1 Å². The zero-order valence-electron chi connectivity index (χ0n) is 16.1. The molecule has 2 aromatic rings. The number of rotatable bonds is 3. The van der Waals surface area contributed by atoms with Crippen molar-refractivity contribution in [2.75, 3.05) is 5.32 Å². The first-order valence-corrected chi connectivity index (χ1v) is 9.34. The first kappa shape index (κ1) is 20.0. The van der Waals surface area contributed by atoms with Crippen LogP contribution in [0.15, 0.2) is 83.9 Å². The van der Waals surface area contributed by atoms with Crippen LogP contribution in [0.5, 0.6) is 0 Å². The van der Waals surface area contributed by atoms with E-state index >= 15 is 0 Å². The lowest BCUT2D eigenvalue weighted by atomic mass is 10.1. The van der Waals surface area contributed by atoms with E-state index in [1.165, 1.54) is 6.92 Å². The van der Waals surface area contributed by atoms with Crippen molar-refractivity contribution >= 4 is 35.5 Å². The minimum absolute atomic E-state index is 0.250. The Morgan fingerprint density at radius 2 is 1.66 bits per heavy atom. The largest absolute Gasteiger partial charge is 0.453 e. The normalized spacial score (nSPS) is 15.7. The van der Waals surface area contributed by atoms with E-state index in [9.17, 15) is 9.59 Å². The predicted molar refractivity (Wildman–Crippen MR) is 116 cm³/mol. The molecule has 1 unspecified atom stereocenters. The van der Waals surface area contributed by atoms with Crippen LogP contribution < -0.4 is 5.32 Å². The van der Waals surface area contributed by atoms with Crippen molar-refractivity contribution in [2.45, 2.75) is 19.4 Å². The molecule has 1 aliphatic heterocycles. The average Bonchev–Trinajstić information content (AvgIpc) is 2.69. The standard InChI is InChI=1S/C24H22N2O3/c1-18(27)26-23-16-9-8-14-21(23)24(28)29-20-13-10-12-19-11-6-4-2-3-5-7-15-22(19)25-17-20/h2-12,14-17,20H,13H2,1H3,(H,26,27)/b3-2?,4-2?,5-3?,6-4?,7-5?,11-6?,12-10-,15-7?,19-11?,22-15?,22-19?,25-17?. The van der Waals surface area contributed by atoms with E-state index < -0.39 is 12.1 Å². The summed E-state index contributed by atoms with van der Waals surface area (Å²) in [5, 5.41) is 2.65. The third kappa shape index (κ3) is 5.87. The number of nitrogens with one attached hydrogen (secondary N) is 1. The molecule has 1 N–H and O–H groups in total. The molecule has 2 aromatic carbocycles. The van der Waals surface area contributed by atoms with Gasteiger partial charge in [-0.25, -0.2) is 4.79 Å². The lowest BCUT2D eigenvalue weighted by Gasteiger charge is -2.15. The van der Waals surface area contributed by atoms with Gasteiger partial charge in [-0.1, -0.05) is 66.7 Å². The second-order valence-corrected chi connectivity index (χ2v) is 6.42. The zero-order chi connectivity index (χ0) is 20.5. The number of esters is 1. The van der Waals surface area contributed by atoms with Crippen molar-refractivity contribution in [3.63, 3.8) is 0 Å². The van der Waals surface area contributed by atoms with Crippen LogP contribution in [-0.2, 0) is 9.53 Å². The maximum atomic E-state index is 12.7. The zero-order valence-corrected chi connectivity index (χ0v) is 16.1. The fraction of sp³-hybridized carbons (Fsp3) is 0.125. The summed E-state index contributed by atoms with van der Waals surface area (Å²) in [4.78, 5) is 28.6. The molecule has 1 heterocycles. The number of carbonyl (C=O) groups excluding carboxylic acids is 2. The second kappa shape index (κ2) is 9.99. The van der Waals surface area contributed by atoms with E-state index in [-0.39, 0.29) is 5.91 Å². The fourth-order valence-electron chi connectivity index (χ4n) is 2.80. The van der Waals surface area contributed by atoms with Crippen molar-refractivity contribution < 1.29 is 14.3 Å². The molecule has 5 heteroatoms. The van der Waals surface area contributed by atoms with E-state index in [1.807, 2.05) is 60.7 Å². The van der Waals surface area contributed by atoms with Crippen LogP contribution in [0.25, 0.3) is 6.08 Å². The van der Waals surface area contributed by atoms with Gasteiger partial charge in [0.05, 0.1) is 16.9 Å². The smallest absolute Gasteiger partial charge is 0.340 e. The number of aliphatic imine (C=N–C) groups is 1. The number of fused-ring (bicyclic) bond motifs is 1. The second-order valence-electron chi connectivity index (χ2n) is 6.42. The number of carbonyl (C=O) groups is 2. The summed E-state index contributed by atoms with van der Waals surface area (Å²) in [6, 6.07) is 22.3. The molecule has 29 heavy (non-hydrogen) atoms. The van der Waals surface area contributed by atoms with Crippen molar-refractivity contribution in [2.24, 2.45) is 4.99 Å². The van der Waals surface area contributed by atoms with Crippen molar-refractivity contribution in [3.8, 4) is 0 Å². The van der Waals surface area contributed by atoms with Gasteiger partial charge in [-0.3, -0.25) is 9.79 Å². The van der Waals surface area contributed by atoms with Crippen LogP contribution in [0.1, 0.15) is 29.3 Å². The number of benzene rings is 1. The van der Waals surface area contributed by atoms with Crippen LogP contribution in [0.4, 0.5) is 11.4 Å². The number of nitrogens with zero attached hydrogens (tertiary/aromatic N) is 1. The topological polar surface area (TPSA) is 67.8 Å². The molecular weight excluding hydrogens is 364 g/mol. The summed E-state index contributed by atoms with van der Waals surface area (Å²) in [7, 11) is 0. The number of amides is 1. The van der Waals surface area contributed by atoms with Gasteiger partial charge in [0, 0.05) is 19.6 Å². The van der Waals surface area contributed by atoms with Gasteiger partial charge in [0.1, 0.15) is 6.10 Å². The lowest BCUT2D eigenvalue weighted by molar-refractivity contribution is -0.114. The van der Waals surface area contributed by atoms with E-state index in [0.717, 1.165) is 11.3 Å². The Balaban J connectivity index is 1.83. The van der Waals surface area contributed by atoms with Crippen LogP contribution in [0.2, 0.25) is 0 Å². The van der Waals surface area contributed by atoms with Gasteiger partial charge >= 0.3 is 5.97 Å². The van der Waals surface area contributed by atoms with Gasteiger partial charge in [0.15, 0.2) is 0 Å². The lowest BCUT2D eigenvalue weighted by Crippen LogP contribution is -2.21. The molecule has 1 aliphatic rings. The Morgan fingerprint density at radius 3 is 2.45 bits per heavy atom. The molecular formula is C24H22N2O3. The minimum Gasteiger partial charge on any atom is -0.453 e. The monoisotopic (exact) mass is 386 g/mol. The Morgan fingerprint density at radius 1 is 0.966 bits per heavy atom. The van der Waals surface area contributed by atoms with E-state index in [1.54, 1.807) is 30.5 Å². The van der Waals surface area contributed by atoms with E-state index in [4.69, 9.17) is 4.74 Å². The molecule has 0 aromatic heterocycles. The molecule has 0 saturated heterocycles. The highest BCUT2D eigenvalue weighted by molar-refractivity contribution is 6.01. The Kier molecular flexibility index (Phi) is 6.90. The third-order valence-corrected chi connectivity index (χ3v) is 4.14. The fourth-order valence-corrected chi connectivity index (χ4v) is 2.80. The SMILES string of the molecule is CC(=O)Nc1ccccc1C(=O)OC1C=Nc2ccccccccc2/C=C\C1. The highest BCUT2D eigenvalue weighted by Gasteiger charge is 2.18. The molecule has 3 rings (SSSR count). The van der Waals surface area contributed by atoms with Crippen LogP contribution in [0.3, 0.4) is 0 Å². The molecule has 5 nitrogen and oxygen atoms in total. The van der Waals surface area contributed by atoms with Gasteiger partial charge in [0.25, 0.3) is 0 Å². The minimum atomic E-state index is -0.513. The molecule has 0 fully saturated rings. The molecule has 0 aliphatic carbocycles. The molecule has 0 bridgehead atoms. The summed E-state index contributed by atoms with van der Waals surface area (Å²) >= 11 is 0. The van der Waals surface area contributed by atoms with Crippen molar-refractivity contribution in [3.05, 3.63) is 90.0 Å². The van der Waals surface area contributed by atoms with Gasteiger partial charge in [0.2, 0.25) is 5.91 Å². The molecule has 0 spiro atoms. The summed E-state index contributed by atoms with van der Waals surface area (Å²) < 4.78 is 5.63. The third-order valence-electron chi connectivity index (χ3n) is 4.14. The summed E-state index contributed by atoms with van der Waals surface area (Å²) in [6.45, 7) is 1.39. The predicted octanol–water partition coefficient (Wildman–Crippen LogP) is 5.11.